The summed E-state index contributed by atoms with van der Waals surface area (Å²) >= 11 is 0. The fourth-order valence-electron chi connectivity index (χ4n) is 4.86. The first-order chi connectivity index (χ1) is 20.9. The van der Waals surface area contributed by atoms with Gasteiger partial charge in [0.05, 0.1) is 11.9 Å². The van der Waals surface area contributed by atoms with E-state index in [4.69, 9.17) is 15.9 Å². The lowest BCUT2D eigenvalue weighted by Crippen LogP contribution is -2.37. The number of halogens is 1. The Balaban J connectivity index is 1.49. The van der Waals surface area contributed by atoms with E-state index in [0.29, 0.717) is 12.0 Å². The molecule has 43 heavy (non-hydrogen) atoms. The lowest BCUT2D eigenvalue weighted by molar-refractivity contribution is -0.116. The third-order valence-corrected chi connectivity index (χ3v) is 7.56. The minimum atomic E-state index is -1.22. The Morgan fingerprint density at radius 3 is 2.28 bits per heavy atom. The molecule has 0 aliphatic rings. The third-order valence-electron chi connectivity index (χ3n) is 7.56. The highest BCUT2D eigenvalue weighted by Crippen LogP contribution is 2.23. The molecule has 0 bridgehead atoms. The number of fused-ring (bicyclic) bond motifs is 1. The predicted molar refractivity (Wildman–Crippen MR) is 165 cm³/mol. The molecule has 0 saturated carbocycles. The van der Waals surface area contributed by atoms with Gasteiger partial charge in [0.2, 0.25) is 5.91 Å². The van der Waals surface area contributed by atoms with Crippen molar-refractivity contribution in [3.05, 3.63) is 48.3 Å². The van der Waals surface area contributed by atoms with Gasteiger partial charge >= 0.3 is 12.0 Å². The number of hydrogen-bond donors (Lipinski definition) is 1. The number of carbonyl (C=O) groups excluding carboxylic acids is 2. The summed E-state index contributed by atoms with van der Waals surface area (Å²) in [6.45, 7) is 2.29. The molecule has 0 fully saturated rings. The lowest BCUT2D eigenvalue weighted by atomic mass is 10.0. The molecule has 0 spiro atoms. The summed E-state index contributed by atoms with van der Waals surface area (Å²) in [6, 6.07) is 8.57. The minimum Gasteiger partial charge on any atom is -0.458 e. The van der Waals surface area contributed by atoms with E-state index in [9.17, 15) is 14.0 Å². The van der Waals surface area contributed by atoms with Gasteiger partial charge in [-0.25, -0.2) is 9.78 Å². The van der Waals surface area contributed by atoms with Crippen molar-refractivity contribution in [3.8, 4) is 12.3 Å². The van der Waals surface area contributed by atoms with Gasteiger partial charge in [0.25, 0.3) is 0 Å². The molecular weight excluding hydrogens is 549 g/mol. The Hall–Kier alpha value is -3.84. The molecule has 1 aromatic carbocycles. The largest absolute Gasteiger partial charge is 0.458 e. The molecule has 0 aliphatic heterocycles. The summed E-state index contributed by atoms with van der Waals surface area (Å²) in [5, 5.41) is 2.70. The Labute approximate surface area is 254 Å². The average molecular weight is 594 g/mol. The van der Waals surface area contributed by atoms with Crippen LogP contribution in [0.3, 0.4) is 0 Å². The SMILES string of the molecule is C#C[C@](CCn1cnc2c(NC(=O)CCCCCCCCCCCCC)nc(F)nc21)(COC(=O)c1ccccc1)OC. The molecule has 9 nitrogen and oxygen atoms in total. The van der Waals surface area contributed by atoms with E-state index < -0.39 is 17.6 Å². The molecule has 0 saturated heterocycles. The van der Waals surface area contributed by atoms with E-state index in [-0.39, 0.29) is 42.5 Å². The fourth-order valence-corrected chi connectivity index (χ4v) is 4.86. The Morgan fingerprint density at radius 2 is 1.65 bits per heavy atom. The number of terminal acetylenes is 1. The number of rotatable bonds is 20. The zero-order valence-electron chi connectivity index (χ0n) is 25.4. The molecule has 3 rings (SSSR count). The molecule has 1 atom stereocenters. The first-order valence-corrected chi connectivity index (χ1v) is 15.3. The van der Waals surface area contributed by atoms with Crippen molar-refractivity contribution in [1.82, 2.24) is 19.5 Å². The molecule has 1 amide bonds. The van der Waals surface area contributed by atoms with E-state index >= 15 is 0 Å². The number of esters is 1. The number of anilines is 1. The van der Waals surface area contributed by atoms with Crippen LogP contribution in [0.25, 0.3) is 11.2 Å². The number of imidazole rings is 1. The number of aromatic nitrogens is 4. The number of methoxy groups -OCH3 is 1. The smallest absolute Gasteiger partial charge is 0.338 e. The maximum absolute atomic E-state index is 14.4. The third kappa shape index (κ3) is 10.7. The van der Waals surface area contributed by atoms with Gasteiger partial charge in [-0.1, -0.05) is 95.3 Å². The lowest BCUT2D eigenvalue weighted by Gasteiger charge is -2.26. The van der Waals surface area contributed by atoms with Crippen LogP contribution in [-0.2, 0) is 20.8 Å². The molecular formula is C33H44FN5O4. The van der Waals surface area contributed by atoms with Crippen LogP contribution < -0.4 is 5.32 Å². The standard InChI is InChI=1S/C33H44FN5O4/c1-4-6-7-8-9-10-11-12-13-14-18-21-27(40)36-29-28-30(38-32(34)37-29)39(25-35-28)23-22-33(5-2,42-3)24-43-31(41)26-19-16-15-17-20-26/h2,15-17,19-20,25H,4,6-14,18,21-24H2,1,3H3,(H,36,37,38,40)/t33-/m0/s1. The summed E-state index contributed by atoms with van der Waals surface area (Å²) in [4.78, 5) is 37.0. The van der Waals surface area contributed by atoms with Gasteiger partial charge in [-0.15, -0.1) is 6.42 Å². The van der Waals surface area contributed by atoms with Gasteiger partial charge in [0.15, 0.2) is 22.6 Å². The first-order valence-electron chi connectivity index (χ1n) is 15.3. The van der Waals surface area contributed by atoms with E-state index in [0.717, 1.165) is 19.3 Å². The first kappa shape index (κ1) is 33.7. The molecule has 3 aromatic rings. The molecule has 10 heteroatoms. The van der Waals surface area contributed by atoms with Gasteiger partial charge < -0.3 is 19.4 Å². The summed E-state index contributed by atoms with van der Waals surface area (Å²) in [5.74, 6) is 1.85. The highest BCUT2D eigenvalue weighted by atomic mass is 19.1. The predicted octanol–water partition coefficient (Wildman–Crippen LogP) is 6.87. The van der Waals surface area contributed by atoms with Crippen LogP contribution >= 0.6 is 0 Å². The van der Waals surface area contributed by atoms with Crippen LogP contribution in [0.2, 0.25) is 0 Å². The zero-order valence-corrected chi connectivity index (χ0v) is 25.4. The maximum Gasteiger partial charge on any atom is 0.338 e. The second kappa shape index (κ2) is 18.0. The fraction of sp³-hybridized carbons (Fsp3) is 0.545. The number of ether oxygens (including phenoxy) is 2. The second-order valence-electron chi connectivity index (χ2n) is 10.8. The molecule has 2 aromatic heterocycles. The average Bonchev–Trinajstić information content (AvgIpc) is 3.43. The summed E-state index contributed by atoms with van der Waals surface area (Å²) in [6.07, 6.45) is 19.9. The van der Waals surface area contributed by atoms with Crippen molar-refractivity contribution in [2.24, 2.45) is 0 Å². The van der Waals surface area contributed by atoms with Crippen molar-refractivity contribution in [2.75, 3.05) is 19.0 Å². The summed E-state index contributed by atoms with van der Waals surface area (Å²) in [5.41, 5.74) is -0.345. The monoisotopic (exact) mass is 593 g/mol. The Bertz CT molecular complexity index is 1340. The molecule has 2 heterocycles. The summed E-state index contributed by atoms with van der Waals surface area (Å²) < 4.78 is 27.0. The van der Waals surface area contributed by atoms with E-state index in [1.54, 1.807) is 34.9 Å². The normalized spacial score (nSPS) is 12.5. The summed E-state index contributed by atoms with van der Waals surface area (Å²) in [7, 11) is 1.44. The molecule has 0 radical (unpaired) electrons. The Kier molecular flexibility index (Phi) is 14.1. The van der Waals surface area contributed by atoms with Crippen molar-refractivity contribution in [3.63, 3.8) is 0 Å². The van der Waals surface area contributed by atoms with Crippen LogP contribution in [0, 0.1) is 18.4 Å². The van der Waals surface area contributed by atoms with Gasteiger partial charge in [0, 0.05) is 26.5 Å². The number of nitrogens with one attached hydrogen (secondary N) is 1. The van der Waals surface area contributed by atoms with E-state index in [1.807, 2.05) is 0 Å². The highest BCUT2D eigenvalue weighted by Gasteiger charge is 2.30. The topological polar surface area (TPSA) is 108 Å². The Morgan fingerprint density at radius 1 is 1.00 bits per heavy atom. The van der Waals surface area contributed by atoms with E-state index in [2.05, 4.69) is 33.1 Å². The number of hydrogen-bond acceptors (Lipinski definition) is 7. The van der Waals surface area contributed by atoms with Crippen LogP contribution in [0.4, 0.5) is 10.2 Å². The van der Waals surface area contributed by atoms with Gasteiger partial charge in [-0.3, -0.25) is 4.79 Å². The van der Waals surface area contributed by atoms with Crippen LogP contribution in [0.15, 0.2) is 36.7 Å². The molecule has 1 N–H and O–H groups in total. The van der Waals surface area contributed by atoms with Crippen molar-refractivity contribution < 1.29 is 23.5 Å². The number of nitrogens with zero attached hydrogens (tertiary/aromatic N) is 4. The van der Waals surface area contributed by atoms with Crippen LogP contribution in [-0.4, -0.2) is 50.7 Å². The van der Waals surface area contributed by atoms with E-state index in [1.165, 1.54) is 64.8 Å². The second-order valence-corrected chi connectivity index (χ2v) is 10.8. The maximum atomic E-state index is 14.4. The van der Waals surface area contributed by atoms with Crippen LogP contribution in [0.1, 0.15) is 101 Å². The highest BCUT2D eigenvalue weighted by molar-refractivity contribution is 5.96. The number of aryl methyl sites for hydroxylation is 1. The molecule has 0 aliphatic carbocycles. The molecule has 0 unspecified atom stereocenters. The van der Waals surface area contributed by atoms with Crippen molar-refractivity contribution in [1.29, 1.82) is 0 Å². The number of benzene rings is 1. The quantitative estimate of drug-likeness (QED) is 0.0659. The van der Waals surface area contributed by atoms with Crippen LogP contribution in [0.5, 0.6) is 0 Å². The zero-order chi connectivity index (χ0) is 30.9. The minimum absolute atomic E-state index is 0.0288. The number of amides is 1. The number of carbonyl (C=O) groups is 2. The van der Waals surface area contributed by atoms with Crippen molar-refractivity contribution >= 4 is 28.9 Å². The van der Waals surface area contributed by atoms with Gasteiger partial charge in [-0.2, -0.15) is 14.4 Å². The molecule has 232 valence electrons. The van der Waals surface area contributed by atoms with Crippen molar-refractivity contribution in [2.45, 2.75) is 103 Å². The number of unbranched alkanes of at least 4 members (excludes halogenated alkanes) is 10. The van der Waals surface area contributed by atoms with Gasteiger partial charge in [-0.05, 0) is 18.6 Å². The van der Waals surface area contributed by atoms with Gasteiger partial charge in [0.1, 0.15) is 6.61 Å².